The zero-order chi connectivity index (χ0) is 22.9. The van der Waals surface area contributed by atoms with Crippen LogP contribution in [0.15, 0.2) is 52.9 Å². The quantitative estimate of drug-likeness (QED) is 0.184. The van der Waals surface area contributed by atoms with Gasteiger partial charge in [0.05, 0.1) is 38.5 Å². The first-order valence-corrected chi connectivity index (χ1v) is 13.0. The van der Waals surface area contributed by atoms with E-state index in [1.807, 2.05) is 12.1 Å². The number of thioether (sulfide) groups is 1. The summed E-state index contributed by atoms with van der Waals surface area (Å²) in [7, 11) is 0. The first kappa shape index (κ1) is 21.4. The van der Waals surface area contributed by atoms with Crippen LogP contribution in [-0.4, -0.2) is 28.3 Å². The third kappa shape index (κ3) is 3.44. The number of thiazole rings is 1. The first-order chi connectivity index (χ1) is 15.9. The van der Waals surface area contributed by atoms with E-state index in [0.717, 1.165) is 21.0 Å². The number of ketones is 1. The molecule has 1 aromatic heterocycles. The minimum Gasteiger partial charge on any atom is -0.293 e. The molecule has 9 heteroatoms. The molecule has 2 bridgehead atoms. The van der Waals surface area contributed by atoms with E-state index in [-0.39, 0.29) is 47.0 Å². The van der Waals surface area contributed by atoms with E-state index in [9.17, 15) is 14.4 Å². The summed E-state index contributed by atoms with van der Waals surface area (Å²) in [6, 6.07) is 10.3. The summed E-state index contributed by atoms with van der Waals surface area (Å²) in [5.74, 6) is -0.174. The third-order valence-corrected chi connectivity index (χ3v) is 9.35. The molecule has 33 heavy (non-hydrogen) atoms. The number of fused-ring (bicyclic) bond motifs is 6. The lowest BCUT2D eigenvalue weighted by Crippen LogP contribution is -2.32. The number of hydrogen-bond donors (Lipinski definition) is 0. The Kier molecular flexibility index (Phi) is 5.14. The number of halogens is 2. The zero-order valence-electron chi connectivity index (χ0n) is 17.0. The number of carbonyl (C=O) groups excluding carboxylic acids is 3. The second-order valence-electron chi connectivity index (χ2n) is 8.48. The lowest BCUT2D eigenvalue weighted by molar-refractivity contribution is -0.123. The van der Waals surface area contributed by atoms with E-state index in [1.54, 1.807) is 24.3 Å². The number of nitrogens with zero attached hydrogens (tertiary/aromatic N) is 2. The summed E-state index contributed by atoms with van der Waals surface area (Å²) in [6.07, 6.45) is 5.10. The highest BCUT2D eigenvalue weighted by Crippen LogP contribution is 2.53. The van der Waals surface area contributed by atoms with Gasteiger partial charge in [-0.05, 0) is 54.7 Å². The van der Waals surface area contributed by atoms with Crippen molar-refractivity contribution < 1.29 is 14.4 Å². The number of allylic oxidation sites excluding steroid dienone is 2. The molecular formula is C24H16Cl2N2O3S2. The Hall–Kier alpha value is -2.19. The van der Waals surface area contributed by atoms with Gasteiger partial charge in [-0.2, -0.15) is 0 Å². The van der Waals surface area contributed by atoms with Crippen molar-refractivity contribution in [3.8, 4) is 0 Å². The fraction of sp³-hybridized carbons (Fsp3) is 0.250. The largest absolute Gasteiger partial charge is 0.293 e. The van der Waals surface area contributed by atoms with Crippen LogP contribution in [-0.2, 0) is 9.59 Å². The van der Waals surface area contributed by atoms with Gasteiger partial charge < -0.3 is 0 Å². The summed E-state index contributed by atoms with van der Waals surface area (Å²) in [4.78, 5) is 44.7. The zero-order valence-corrected chi connectivity index (χ0v) is 20.2. The number of benzene rings is 2. The third-order valence-electron chi connectivity index (χ3n) is 6.64. The van der Waals surface area contributed by atoms with Gasteiger partial charge in [0.2, 0.25) is 11.8 Å². The van der Waals surface area contributed by atoms with Crippen LogP contribution in [0, 0.1) is 23.7 Å². The normalized spacial score (nSPS) is 25.5. The summed E-state index contributed by atoms with van der Waals surface area (Å²) in [5, 5.41) is 0.809. The molecule has 1 saturated carbocycles. The van der Waals surface area contributed by atoms with Crippen LogP contribution in [0.25, 0.3) is 10.2 Å². The molecule has 0 N–H and O–H groups in total. The average Bonchev–Trinajstić information content (AvgIpc) is 3.54. The van der Waals surface area contributed by atoms with Gasteiger partial charge in [-0.1, -0.05) is 47.1 Å². The molecule has 3 aromatic rings. The van der Waals surface area contributed by atoms with Crippen molar-refractivity contribution >= 4 is 79.8 Å². The molecule has 4 atom stereocenters. The SMILES string of the molecule is O=C(CSc1nc2ccc(N3C(=O)[C@H]4[C@H](C3=O)[C@H]3C=C[C@H]4C3)cc2s1)c1ccc(Cl)cc1Cl. The number of aromatic nitrogens is 1. The van der Waals surface area contributed by atoms with Gasteiger partial charge in [0.15, 0.2) is 10.1 Å². The van der Waals surface area contributed by atoms with Gasteiger partial charge in [0, 0.05) is 10.6 Å². The maximum absolute atomic E-state index is 13.1. The molecule has 2 aromatic carbocycles. The Labute approximate surface area is 207 Å². The lowest BCUT2D eigenvalue weighted by Gasteiger charge is -2.17. The number of Topliss-reactive ketones (excluding diaryl/α,β-unsaturated/α-hetero) is 1. The molecule has 6 rings (SSSR count). The summed E-state index contributed by atoms with van der Waals surface area (Å²) >= 11 is 14.8. The Morgan fingerprint density at radius 2 is 1.79 bits per heavy atom. The average molecular weight is 515 g/mol. The topological polar surface area (TPSA) is 67.3 Å². The van der Waals surface area contributed by atoms with Crippen molar-refractivity contribution in [2.75, 3.05) is 10.7 Å². The van der Waals surface area contributed by atoms with E-state index in [2.05, 4.69) is 17.1 Å². The molecule has 2 fully saturated rings. The predicted octanol–water partition coefficient (Wildman–Crippen LogP) is 5.89. The van der Waals surface area contributed by atoms with E-state index in [0.29, 0.717) is 21.3 Å². The van der Waals surface area contributed by atoms with Crippen molar-refractivity contribution in [3.63, 3.8) is 0 Å². The Bertz CT molecular complexity index is 1360. The van der Waals surface area contributed by atoms with E-state index < -0.39 is 0 Å². The first-order valence-electron chi connectivity index (χ1n) is 10.5. The smallest absolute Gasteiger partial charge is 0.238 e. The molecule has 1 aliphatic heterocycles. The van der Waals surface area contributed by atoms with E-state index in [4.69, 9.17) is 23.2 Å². The number of amides is 2. The highest BCUT2D eigenvalue weighted by atomic mass is 35.5. The molecule has 166 valence electrons. The number of imide groups is 1. The second-order valence-corrected chi connectivity index (χ2v) is 11.6. The van der Waals surface area contributed by atoms with Gasteiger partial charge in [-0.25, -0.2) is 9.88 Å². The lowest BCUT2D eigenvalue weighted by atomic mass is 9.85. The summed E-state index contributed by atoms with van der Waals surface area (Å²) < 4.78 is 1.60. The number of anilines is 1. The van der Waals surface area contributed by atoms with E-state index >= 15 is 0 Å². The van der Waals surface area contributed by atoms with Crippen molar-refractivity contribution in [1.82, 2.24) is 4.98 Å². The highest BCUT2D eigenvalue weighted by molar-refractivity contribution is 8.01. The summed E-state index contributed by atoms with van der Waals surface area (Å²) in [6.45, 7) is 0. The van der Waals surface area contributed by atoms with Crippen LogP contribution in [0.1, 0.15) is 16.8 Å². The minimum absolute atomic E-state index is 0.0919. The van der Waals surface area contributed by atoms with Crippen LogP contribution in [0.2, 0.25) is 10.0 Å². The Morgan fingerprint density at radius 1 is 1.06 bits per heavy atom. The van der Waals surface area contributed by atoms with E-state index in [1.165, 1.54) is 28.0 Å². The fourth-order valence-electron chi connectivity index (χ4n) is 5.17. The number of rotatable bonds is 5. The van der Waals surface area contributed by atoms with Crippen LogP contribution < -0.4 is 4.90 Å². The van der Waals surface area contributed by atoms with Crippen molar-refractivity contribution in [2.45, 2.75) is 10.8 Å². The molecule has 0 radical (unpaired) electrons. The van der Waals surface area contributed by atoms with Crippen molar-refractivity contribution in [1.29, 1.82) is 0 Å². The minimum atomic E-state index is -0.221. The van der Waals surface area contributed by atoms with Crippen LogP contribution in [0.3, 0.4) is 0 Å². The molecule has 2 aliphatic carbocycles. The molecular weight excluding hydrogens is 499 g/mol. The maximum Gasteiger partial charge on any atom is 0.238 e. The Morgan fingerprint density at radius 3 is 2.48 bits per heavy atom. The molecule has 3 aliphatic rings. The number of hydrogen-bond acceptors (Lipinski definition) is 6. The molecule has 0 unspecified atom stereocenters. The van der Waals surface area contributed by atoms with Gasteiger partial charge in [-0.3, -0.25) is 14.4 Å². The van der Waals surface area contributed by atoms with Crippen LogP contribution in [0.4, 0.5) is 5.69 Å². The second kappa shape index (κ2) is 7.94. The van der Waals surface area contributed by atoms with Gasteiger partial charge >= 0.3 is 0 Å². The molecule has 2 amide bonds. The number of carbonyl (C=O) groups is 3. The monoisotopic (exact) mass is 514 g/mol. The standard InChI is InChI=1S/C24H16Cl2N2O3S2/c25-13-3-5-15(16(26)8-13)18(29)10-32-24-27-17-6-4-14(9-19(17)33-24)28-22(30)20-11-1-2-12(7-11)21(20)23(28)31/h1-6,8-9,11-12,20-21H,7,10H2/t11-,12-,20+,21+/m0/s1. The summed E-state index contributed by atoms with van der Waals surface area (Å²) in [5.41, 5.74) is 1.79. The molecule has 2 heterocycles. The Balaban J connectivity index is 1.21. The fourth-order valence-corrected chi connectivity index (χ4v) is 7.67. The van der Waals surface area contributed by atoms with Crippen LogP contribution in [0.5, 0.6) is 0 Å². The van der Waals surface area contributed by atoms with Crippen LogP contribution >= 0.6 is 46.3 Å². The maximum atomic E-state index is 13.1. The highest BCUT2D eigenvalue weighted by Gasteiger charge is 2.59. The van der Waals surface area contributed by atoms with Gasteiger partial charge in [-0.15, -0.1) is 11.3 Å². The van der Waals surface area contributed by atoms with Crippen molar-refractivity contribution in [3.05, 3.63) is 64.2 Å². The molecule has 5 nitrogen and oxygen atoms in total. The predicted molar refractivity (Wildman–Crippen MR) is 131 cm³/mol. The molecule has 0 spiro atoms. The van der Waals surface area contributed by atoms with Crippen molar-refractivity contribution in [2.24, 2.45) is 23.7 Å². The molecule has 1 saturated heterocycles. The van der Waals surface area contributed by atoms with Gasteiger partial charge in [0.1, 0.15) is 0 Å². The van der Waals surface area contributed by atoms with Gasteiger partial charge in [0.25, 0.3) is 0 Å².